The molecule has 1 aromatic carbocycles. The Labute approximate surface area is 122 Å². The third-order valence-corrected chi connectivity index (χ3v) is 4.22. The highest BCUT2D eigenvalue weighted by atomic mass is 16.5. The quantitative estimate of drug-likeness (QED) is 0.785. The van der Waals surface area contributed by atoms with Crippen LogP contribution < -0.4 is 11.1 Å². The zero-order chi connectivity index (χ0) is 14.2. The van der Waals surface area contributed by atoms with E-state index in [0.717, 1.165) is 0 Å². The van der Waals surface area contributed by atoms with Crippen molar-refractivity contribution in [1.29, 1.82) is 0 Å². The first-order valence-electron chi connectivity index (χ1n) is 7.87. The van der Waals surface area contributed by atoms with E-state index in [1.807, 2.05) is 0 Å². The number of rotatable bonds is 6. The average Bonchev–Trinajstić information content (AvgIpc) is 2.75. The number of nitrogens with two attached hydrogens (primary N) is 1. The monoisotopic (exact) mass is 276 g/mol. The van der Waals surface area contributed by atoms with Gasteiger partial charge in [-0.05, 0) is 24.0 Å². The summed E-state index contributed by atoms with van der Waals surface area (Å²) in [6, 6.07) is 9.52. The van der Waals surface area contributed by atoms with Gasteiger partial charge in [0.25, 0.3) is 0 Å². The number of hydrogen-bond acceptors (Lipinski definition) is 3. The SMILES string of the molecule is COCc1ccc(C(CN)NC2CCCCCC2)cc1. The average molecular weight is 276 g/mol. The van der Waals surface area contributed by atoms with Gasteiger partial charge in [-0.25, -0.2) is 0 Å². The Morgan fingerprint density at radius 3 is 2.35 bits per heavy atom. The van der Waals surface area contributed by atoms with Crippen LogP contribution in [0.15, 0.2) is 24.3 Å². The summed E-state index contributed by atoms with van der Waals surface area (Å²) in [7, 11) is 1.73. The highest BCUT2D eigenvalue weighted by Crippen LogP contribution is 2.21. The smallest absolute Gasteiger partial charge is 0.0713 e. The van der Waals surface area contributed by atoms with Crippen LogP contribution in [0, 0.1) is 0 Å². The molecule has 3 heteroatoms. The molecule has 1 fully saturated rings. The van der Waals surface area contributed by atoms with Gasteiger partial charge in [-0.2, -0.15) is 0 Å². The molecule has 3 nitrogen and oxygen atoms in total. The van der Waals surface area contributed by atoms with Gasteiger partial charge in [0.15, 0.2) is 0 Å². The van der Waals surface area contributed by atoms with Crippen molar-refractivity contribution in [2.75, 3.05) is 13.7 Å². The zero-order valence-electron chi connectivity index (χ0n) is 12.6. The molecule has 20 heavy (non-hydrogen) atoms. The van der Waals surface area contributed by atoms with Crippen LogP contribution in [0.25, 0.3) is 0 Å². The second kappa shape index (κ2) is 8.40. The molecule has 0 spiro atoms. The fraction of sp³-hybridized carbons (Fsp3) is 0.647. The van der Waals surface area contributed by atoms with Gasteiger partial charge in [-0.15, -0.1) is 0 Å². The van der Waals surface area contributed by atoms with Crippen LogP contribution in [0.5, 0.6) is 0 Å². The first kappa shape index (κ1) is 15.5. The molecule has 0 aliphatic heterocycles. The van der Waals surface area contributed by atoms with Gasteiger partial charge in [0.1, 0.15) is 0 Å². The summed E-state index contributed by atoms with van der Waals surface area (Å²) < 4.78 is 5.15. The van der Waals surface area contributed by atoms with Gasteiger partial charge in [-0.3, -0.25) is 0 Å². The molecule has 1 aliphatic carbocycles. The molecule has 1 unspecified atom stereocenters. The first-order valence-corrected chi connectivity index (χ1v) is 7.87. The van der Waals surface area contributed by atoms with Crippen LogP contribution in [-0.4, -0.2) is 19.7 Å². The lowest BCUT2D eigenvalue weighted by molar-refractivity contribution is 0.185. The maximum atomic E-state index is 5.97. The summed E-state index contributed by atoms with van der Waals surface area (Å²) in [5.74, 6) is 0. The Morgan fingerprint density at radius 1 is 1.15 bits per heavy atom. The molecular formula is C17H28N2O. The number of nitrogens with one attached hydrogen (secondary N) is 1. The van der Waals surface area contributed by atoms with Crippen molar-refractivity contribution >= 4 is 0 Å². The first-order chi connectivity index (χ1) is 9.83. The standard InChI is InChI=1S/C17H28N2O/c1-20-13-14-8-10-15(11-9-14)17(12-18)19-16-6-4-2-3-5-7-16/h8-11,16-17,19H,2-7,12-13,18H2,1H3. The van der Waals surface area contributed by atoms with E-state index in [4.69, 9.17) is 10.5 Å². The molecule has 0 amide bonds. The Kier molecular flexibility index (Phi) is 6.51. The van der Waals surface area contributed by atoms with Gasteiger partial charge < -0.3 is 15.8 Å². The van der Waals surface area contributed by atoms with Crippen LogP contribution in [0.3, 0.4) is 0 Å². The van der Waals surface area contributed by atoms with Crippen LogP contribution in [0.4, 0.5) is 0 Å². The summed E-state index contributed by atoms with van der Waals surface area (Å²) in [6.45, 7) is 1.32. The predicted octanol–water partition coefficient (Wildman–Crippen LogP) is 3.15. The Morgan fingerprint density at radius 2 is 1.80 bits per heavy atom. The number of hydrogen-bond donors (Lipinski definition) is 2. The molecule has 2 rings (SSSR count). The van der Waals surface area contributed by atoms with Crippen molar-refractivity contribution < 1.29 is 4.74 Å². The fourth-order valence-electron chi connectivity index (χ4n) is 3.04. The number of benzene rings is 1. The van der Waals surface area contributed by atoms with Crippen molar-refractivity contribution in [1.82, 2.24) is 5.32 Å². The normalized spacial score (nSPS) is 18.7. The maximum Gasteiger partial charge on any atom is 0.0713 e. The third-order valence-electron chi connectivity index (χ3n) is 4.22. The minimum absolute atomic E-state index is 0.273. The molecule has 0 radical (unpaired) electrons. The minimum atomic E-state index is 0.273. The van der Waals surface area contributed by atoms with Crippen LogP contribution in [0.1, 0.15) is 55.7 Å². The molecular weight excluding hydrogens is 248 g/mol. The van der Waals surface area contributed by atoms with Gasteiger partial charge >= 0.3 is 0 Å². The largest absolute Gasteiger partial charge is 0.380 e. The highest BCUT2D eigenvalue weighted by molar-refractivity contribution is 5.25. The Hall–Kier alpha value is -0.900. The predicted molar refractivity (Wildman–Crippen MR) is 83.6 cm³/mol. The molecule has 1 atom stereocenters. The van der Waals surface area contributed by atoms with E-state index in [1.165, 1.54) is 49.7 Å². The van der Waals surface area contributed by atoms with Crippen molar-refractivity contribution in [2.45, 2.75) is 57.2 Å². The molecule has 1 saturated carbocycles. The van der Waals surface area contributed by atoms with Crippen molar-refractivity contribution in [3.63, 3.8) is 0 Å². The second-order valence-electron chi connectivity index (χ2n) is 5.82. The summed E-state index contributed by atoms with van der Waals surface area (Å²) in [6.07, 6.45) is 8.05. The molecule has 1 aromatic rings. The summed E-state index contributed by atoms with van der Waals surface area (Å²) in [5, 5.41) is 3.76. The van der Waals surface area contributed by atoms with Crippen molar-refractivity contribution in [3.05, 3.63) is 35.4 Å². The summed E-state index contributed by atoms with van der Waals surface area (Å²) in [5.41, 5.74) is 8.47. The number of ether oxygens (including phenoxy) is 1. The lowest BCUT2D eigenvalue weighted by atomic mass is 10.0. The Balaban J connectivity index is 1.95. The lowest BCUT2D eigenvalue weighted by Crippen LogP contribution is -2.36. The second-order valence-corrected chi connectivity index (χ2v) is 5.82. The van der Waals surface area contributed by atoms with Crippen molar-refractivity contribution in [2.24, 2.45) is 5.73 Å². The molecule has 112 valence electrons. The zero-order valence-corrected chi connectivity index (χ0v) is 12.6. The van der Waals surface area contributed by atoms with E-state index in [-0.39, 0.29) is 6.04 Å². The highest BCUT2D eigenvalue weighted by Gasteiger charge is 2.17. The molecule has 0 heterocycles. The van der Waals surface area contributed by atoms with Gasteiger partial charge in [0.05, 0.1) is 6.61 Å². The fourth-order valence-corrected chi connectivity index (χ4v) is 3.04. The van der Waals surface area contributed by atoms with Gasteiger partial charge in [0.2, 0.25) is 0 Å². The third kappa shape index (κ3) is 4.58. The van der Waals surface area contributed by atoms with E-state index in [2.05, 4.69) is 29.6 Å². The van der Waals surface area contributed by atoms with Gasteiger partial charge in [-0.1, -0.05) is 49.9 Å². The number of methoxy groups -OCH3 is 1. The molecule has 0 aromatic heterocycles. The van der Waals surface area contributed by atoms with Crippen LogP contribution in [0.2, 0.25) is 0 Å². The topological polar surface area (TPSA) is 47.3 Å². The van der Waals surface area contributed by atoms with Gasteiger partial charge in [0, 0.05) is 25.7 Å². The van der Waals surface area contributed by atoms with Crippen LogP contribution in [-0.2, 0) is 11.3 Å². The molecule has 3 N–H and O–H groups in total. The van der Waals surface area contributed by atoms with E-state index in [0.29, 0.717) is 19.2 Å². The lowest BCUT2D eigenvalue weighted by Gasteiger charge is -2.24. The summed E-state index contributed by atoms with van der Waals surface area (Å²) in [4.78, 5) is 0. The van der Waals surface area contributed by atoms with E-state index in [9.17, 15) is 0 Å². The summed E-state index contributed by atoms with van der Waals surface area (Å²) >= 11 is 0. The van der Waals surface area contributed by atoms with E-state index >= 15 is 0 Å². The van der Waals surface area contributed by atoms with Crippen LogP contribution >= 0.6 is 0 Å². The maximum absolute atomic E-state index is 5.97. The van der Waals surface area contributed by atoms with E-state index < -0.39 is 0 Å². The molecule has 1 aliphatic rings. The molecule has 0 saturated heterocycles. The molecule has 0 bridgehead atoms. The minimum Gasteiger partial charge on any atom is -0.380 e. The van der Waals surface area contributed by atoms with E-state index in [1.54, 1.807) is 7.11 Å². The Bertz CT molecular complexity index is 369. The van der Waals surface area contributed by atoms with Crippen molar-refractivity contribution in [3.8, 4) is 0 Å².